The van der Waals surface area contributed by atoms with E-state index in [9.17, 15) is 14.4 Å². The van der Waals surface area contributed by atoms with Crippen LogP contribution in [0.5, 0.6) is 0 Å². The first-order chi connectivity index (χ1) is 38.5. The maximum atomic E-state index is 12.8. The third-order valence-corrected chi connectivity index (χ3v) is 13.4. The molecule has 0 aromatic rings. The van der Waals surface area contributed by atoms with Crippen molar-refractivity contribution < 1.29 is 28.6 Å². The van der Waals surface area contributed by atoms with Crippen LogP contribution in [0.2, 0.25) is 0 Å². The van der Waals surface area contributed by atoms with Crippen molar-refractivity contribution in [3.05, 3.63) is 134 Å². The van der Waals surface area contributed by atoms with Gasteiger partial charge in [0.05, 0.1) is 0 Å². The van der Waals surface area contributed by atoms with E-state index in [1.165, 1.54) is 96.3 Å². The number of esters is 3. The number of ether oxygens (including phenoxy) is 3. The van der Waals surface area contributed by atoms with Crippen LogP contribution < -0.4 is 0 Å². The molecule has 78 heavy (non-hydrogen) atoms. The molecule has 6 nitrogen and oxygen atoms in total. The van der Waals surface area contributed by atoms with Crippen molar-refractivity contribution in [2.75, 3.05) is 13.2 Å². The Labute approximate surface area is 481 Å². The van der Waals surface area contributed by atoms with E-state index in [2.05, 4.69) is 154 Å². The van der Waals surface area contributed by atoms with Gasteiger partial charge >= 0.3 is 17.9 Å². The molecule has 0 aliphatic heterocycles. The molecule has 0 N–H and O–H groups in total. The lowest BCUT2D eigenvalue weighted by Gasteiger charge is -2.18. The molecule has 0 saturated heterocycles. The standard InChI is InChI=1S/C72H118O6/c1-4-7-10-13-16-18-20-22-24-26-28-30-31-32-33-34-35-36-37-38-39-40-41-43-44-46-48-50-52-54-56-59-62-65-71(74)77-68-69(67-76-70(73)64-61-58-15-12-9-6-3)78-72(75)66-63-60-57-55-53-51-49-47-45-42-29-27-25-23-21-19-17-14-11-8-5-2/h7-8,10-11,16-19,22-25,28-30,32-33,35-36,42,47,49,69H,4-6,9,12-15,20-21,26-27,31,34,37-41,43-46,48,50-68H2,1-3H3/b10-7-,11-8-,18-16-,19-17-,24-22-,25-23-,30-28-,33-32-,36-35-,42-29-,49-47-. The summed E-state index contributed by atoms with van der Waals surface area (Å²) >= 11 is 0. The van der Waals surface area contributed by atoms with Crippen LogP contribution in [0.3, 0.4) is 0 Å². The summed E-state index contributed by atoms with van der Waals surface area (Å²) in [5.74, 6) is -0.915. The van der Waals surface area contributed by atoms with Crippen molar-refractivity contribution in [1.82, 2.24) is 0 Å². The Morgan fingerprint density at radius 3 is 0.782 bits per heavy atom. The van der Waals surface area contributed by atoms with Crippen molar-refractivity contribution in [2.45, 2.75) is 290 Å². The molecular weight excluding hydrogens is 961 g/mol. The molecule has 1 unspecified atom stereocenters. The molecule has 442 valence electrons. The second-order valence-corrected chi connectivity index (χ2v) is 20.9. The molecule has 0 saturated carbocycles. The van der Waals surface area contributed by atoms with Gasteiger partial charge in [-0.3, -0.25) is 14.4 Å². The van der Waals surface area contributed by atoms with E-state index in [0.29, 0.717) is 19.3 Å². The zero-order valence-corrected chi connectivity index (χ0v) is 50.6. The van der Waals surface area contributed by atoms with Gasteiger partial charge in [0.25, 0.3) is 0 Å². The molecule has 0 aliphatic rings. The molecule has 0 aromatic carbocycles. The van der Waals surface area contributed by atoms with Crippen LogP contribution in [0.25, 0.3) is 0 Å². The first-order valence-corrected chi connectivity index (χ1v) is 32.2. The molecule has 0 spiro atoms. The van der Waals surface area contributed by atoms with Crippen LogP contribution in [0, 0.1) is 0 Å². The van der Waals surface area contributed by atoms with Gasteiger partial charge in [-0.15, -0.1) is 0 Å². The Morgan fingerprint density at radius 2 is 0.500 bits per heavy atom. The topological polar surface area (TPSA) is 78.9 Å². The highest BCUT2D eigenvalue weighted by molar-refractivity contribution is 5.71. The molecule has 0 radical (unpaired) electrons. The largest absolute Gasteiger partial charge is 0.462 e. The SMILES string of the molecule is CC/C=C\C/C=C\C/C=C\C/C=C\C/C=C\C/C=C\CCCCCCCCCCCCCCCCC(=O)OCC(COC(=O)CCCCCCCC)OC(=O)CCCCCCC/C=C\C/C=C\C/C=C\C/C=C\C/C=C\CC. The van der Waals surface area contributed by atoms with E-state index in [1.54, 1.807) is 0 Å². The average molecular weight is 1080 g/mol. The smallest absolute Gasteiger partial charge is 0.306 e. The van der Waals surface area contributed by atoms with Crippen LogP contribution in [-0.2, 0) is 28.6 Å². The third-order valence-electron chi connectivity index (χ3n) is 13.4. The highest BCUT2D eigenvalue weighted by Crippen LogP contribution is 2.16. The van der Waals surface area contributed by atoms with Crippen molar-refractivity contribution in [3.63, 3.8) is 0 Å². The van der Waals surface area contributed by atoms with E-state index < -0.39 is 6.10 Å². The lowest BCUT2D eigenvalue weighted by Crippen LogP contribution is -2.30. The number of hydrogen-bond acceptors (Lipinski definition) is 6. The van der Waals surface area contributed by atoms with Crippen LogP contribution in [0.1, 0.15) is 284 Å². The number of hydrogen-bond donors (Lipinski definition) is 0. The molecule has 0 fully saturated rings. The Bertz CT molecular complexity index is 1670. The minimum atomic E-state index is -0.789. The van der Waals surface area contributed by atoms with Crippen LogP contribution in [-0.4, -0.2) is 37.2 Å². The lowest BCUT2D eigenvalue weighted by atomic mass is 10.0. The minimum Gasteiger partial charge on any atom is -0.462 e. The average Bonchev–Trinajstić information content (AvgIpc) is 3.44. The Balaban J connectivity index is 4.09. The lowest BCUT2D eigenvalue weighted by molar-refractivity contribution is -0.167. The zero-order valence-electron chi connectivity index (χ0n) is 50.6. The Morgan fingerprint density at radius 1 is 0.269 bits per heavy atom. The first kappa shape index (κ1) is 73.5. The summed E-state index contributed by atoms with van der Waals surface area (Å²) in [7, 11) is 0. The summed E-state index contributed by atoms with van der Waals surface area (Å²) in [6.45, 7) is 6.34. The van der Waals surface area contributed by atoms with Gasteiger partial charge in [-0.05, 0) is 116 Å². The van der Waals surface area contributed by atoms with Crippen molar-refractivity contribution in [1.29, 1.82) is 0 Å². The van der Waals surface area contributed by atoms with Crippen molar-refractivity contribution in [3.8, 4) is 0 Å². The second-order valence-electron chi connectivity index (χ2n) is 20.9. The molecule has 0 rings (SSSR count). The van der Waals surface area contributed by atoms with Gasteiger partial charge in [0.1, 0.15) is 13.2 Å². The second kappa shape index (κ2) is 65.1. The van der Waals surface area contributed by atoms with Gasteiger partial charge in [0.2, 0.25) is 0 Å². The molecule has 0 aliphatic carbocycles. The first-order valence-electron chi connectivity index (χ1n) is 32.2. The highest BCUT2D eigenvalue weighted by atomic mass is 16.6. The quantitative estimate of drug-likeness (QED) is 0.0261. The summed E-state index contributed by atoms with van der Waals surface area (Å²) in [6, 6.07) is 0. The van der Waals surface area contributed by atoms with Crippen LogP contribution in [0.4, 0.5) is 0 Å². The summed E-state index contributed by atoms with van der Waals surface area (Å²) in [6.07, 6.45) is 92.1. The van der Waals surface area contributed by atoms with E-state index in [1.807, 2.05) is 0 Å². The predicted octanol–water partition coefficient (Wildman–Crippen LogP) is 22.2. The highest BCUT2D eigenvalue weighted by Gasteiger charge is 2.19. The molecule has 6 heteroatoms. The van der Waals surface area contributed by atoms with E-state index >= 15 is 0 Å². The predicted molar refractivity (Wildman–Crippen MR) is 339 cm³/mol. The Kier molecular flexibility index (Phi) is 61.4. The summed E-state index contributed by atoms with van der Waals surface area (Å²) < 4.78 is 16.8. The van der Waals surface area contributed by atoms with E-state index in [4.69, 9.17) is 14.2 Å². The molecule has 0 heterocycles. The molecular formula is C72H118O6. The normalized spacial score (nSPS) is 13.0. The van der Waals surface area contributed by atoms with E-state index in [0.717, 1.165) is 148 Å². The molecule has 0 aromatic heterocycles. The maximum Gasteiger partial charge on any atom is 0.306 e. The maximum absolute atomic E-state index is 12.8. The molecule has 1 atom stereocenters. The fraction of sp³-hybridized carbons (Fsp3) is 0.653. The summed E-state index contributed by atoms with van der Waals surface area (Å²) in [5.41, 5.74) is 0. The van der Waals surface area contributed by atoms with Gasteiger partial charge in [-0.2, -0.15) is 0 Å². The number of unbranched alkanes of at least 4 members (excludes halogenated alkanes) is 24. The minimum absolute atomic E-state index is 0.0875. The fourth-order valence-electron chi connectivity index (χ4n) is 8.65. The third kappa shape index (κ3) is 62.4. The van der Waals surface area contributed by atoms with Crippen LogP contribution in [0.15, 0.2) is 134 Å². The van der Waals surface area contributed by atoms with Crippen molar-refractivity contribution in [2.24, 2.45) is 0 Å². The van der Waals surface area contributed by atoms with Gasteiger partial charge in [-0.1, -0.05) is 283 Å². The molecule has 0 bridgehead atoms. The van der Waals surface area contributed by atoms with Crippen LogP contribution >= 0.6 is 0 Å². The molecule has 0 amide bonds. The number of carbonyl (C=O) groups is 3. The fourth-order valence-corrected chi connectivity index (χ4v) is 8.65. The monoisotopic (exact) mass is 1080 g/mol. The van der Waals surface area contributed by atoms with Gasteiger partial charge < -0.3 is 14.2 Å². The van der Waals surface area contributed by atoms with Gasteiger partial charge in [0, 0.05) is 19.3 Å². The summed E-state index contributed by atoms with van der Waals surface area (Å²) in [5, 5.41) is 0. The van der Waals surface area contributed by atoms with Gasteiger partial charge in [0.15, 0.2) is 6.10 Å². The Hall–Kier alpha value is -4.45. The van der Waals surface area contributed by atoms with Gasteiger partial charge in [-0.25, -0.2) is 0 Å². The zero-order chi connectivity index (χ0) is 56.4. The number of rotatable bonds is 57. The number of carbonyl (C=O) groups excluding carboxylic acids is 3. The summed E-state index contributed by atoms with van der Waals surface area (Å²) in [4.78, 5) is 38.0. The number of allylic oxidation sites excluding steroid dienone is 22. The van der Waals surface area contributed by atoms with E-state index in [-0.39, 0.29) is 31.1 Å². The van der Waals surface area contributed by atoms with Crippen molar-refractivity contribution >= 4 is 17.9 Å².